The van der Waals surface area contributed by atoms with Gasteiger partial charge < -0.3 is 14.8 Å². The molecule has 0 saturated carbocycles. The third-order valence-corrected chi connectivity index (χ3v) is 3.58. The fraction of sp³-hybridized carbons (Fsp3) is 0.211. The van der Waals surface area contributed by atoms with E-state index in [1.54, 1.807) is 24.3 Å². The Balaban J connectivity index is 2.09. The second kappa shape index (κ2) is 8.55. The predicted molar refractivity (Wildman–Crippen MR) is 100 cm³/mol. The number of hydrogen-bond acceptors (Lipinski definition) is 3. The van der Waals surface area contributed by atoms with Crippen molar-refractivity contribution in [2.75, 3.05) is 18.5 Å². The van der Waals surface area contributed by atoms with Crippen molar-refractivity contribution in [2.45, 2.75) is 13.8 Å². The summed E-state index contributed by atoms with van der Waals surface area (Å²) in [5, 5.41) is 2.86. The molecule has 0 aliphatic carbocycles. The molecule has 1 amide bonds. The van der Waals surface area contributed by atoms with E-state index in [0.717, 1.165) is 15.8 Å². The van der Waals surface area contributed by atoms with E-state index in [2.05, 4.69) is 27.8 Å². The smallest absolute Gasteiger partial charge is 0.259 e. The average Bonchev–Trinajstić information content (AvgIpc) is 2.56. The molecule has 0 saturated heterocycles. The Kier molecular flexibility index (Phi) is 6.44. The molecule has 126 valence electrons. The molecule has 0 atom stereocenters. The highest BCUT2D eigenvalue weighted by molar-refractivity contribution is 9.10. The number of halogens is 1. The van der Waals surface area contributed by atoms with E-state index in [1.807, 2.05) is 32.0 Å². The van der Waals surface area contributed by atoms with Gasteiger partial charge in [0.2, 0.25) is 0 Å². The van der Waals surface area contributed by atoms with E-state index in [1.165, 1.54) is 0 Å². The molecule has 24 heavy (non-hydrogen) atoms. The van der Waals surface area contributed by atoms with Gasteiger partial charge in [0.25, 0.3) is 5.91 Å². The van der Waals surface area contributed by atoms with Crippen molar-refractivity contribution in [3.05, 3.63) is 64.7 Å². The molecule has 0 fully saturated rings. The second-order valence-corrected chi connectivity index (χ2v) is 6.21. The van der Waals surface area contributed by atoms with Crippen molar-refractivity contribution in [3.63, 3.8) is 0 Å². The summed E-state index contributed by atoms with van der Waals surface area (Å²) in [5.74, 6) is 1.06. The highest BCUT2D eigenvalue weighted by Gasteiger charge is 2.13. The summed E-state index contributed by atoms with van der Waals surface area (Å²) in [4.78, 5) is 12.5. The topological polar surface area (TPSA) is 47.6 Å². The van der Waals surface area contributed by atoms with Crippen molar-refractivity contribution in [1.29, 1.82) is 0 Å². The Morgan fingerprint density at radius 1 is 1.17 bits per heavy atom. The largest absolute Gasteiger partial charge is 0.493 e. The van der Waals surface area contributed by atoms with Gasteiger partial charge in [-0.15, -0.1) is 0 Å². The number of ether oxygens (including phenoxy) is 2. The van der Waals surface area contributed by atoms with Crippen molar-refractivity contribution in [1.82, 2.24) is 0 Å². The SMILES string of the molecule is C=C(C)COc1ccc(NC(=O)c2cc(Br)ccc2OCC)cc1. The number of carbonyl (C=O) groups excluding carboxylic acids is 1. The van der Waals surface area contributed by atoms with E-state index in [-0.39, 0.29) is 5.91 Å². The number of benzene rings is 2. The van der Waals surface area contributed by atoms with E-state index >= 15 is 0 Å². The second-order valence-electron chi connectivity index (χ2n) is 5.30. The van der Waals surface area contributed by atoms with Gasteiger partial charge in [0.15, 0.2) is 0 Å². The summed E-state index contributed by atoms with van der Waals surface area (Å²) in [7, 11) is 0. The average molecular weight is 390 g/mol. The van der Waals surface area contributed by atoms with Crippen LogP contribution in [-0.4, -0.2) is 19.1 Å². The van der Waals surface area contributed by atoms with Crippen molar-refractivity contribution >= 4 is 27.5 Å². The fourth-order valence-electron chi connectivity index (χ4n) is 2.00. The molecule has 2 rings (SSSR count). The first-order valence-electron chi connectivity index (χ1n) is 7.60. The molecular formula is C19H20BrNO3. The lowest BCUT2D eigenvalue weighted by Gasteiger charge is -2.12. The Hall–Kier alpha value is -2.27. The number of carbonyl (C=O) groups is 1. The van der Waals surface area contributed by atoms with Gasteiger partial charge in [-0.3, -0.25) is 4.79 Å². The minimum Gasteiger partial charge on any atom is -0.493 e. The first-order chi connectivity index (χ1) is 11.5. The van der Waals surface area contributed by atoms with Crippen LogP contribution in [0.5, 0.6) is 11.5 Å². The number of rotatable bonds is 7. The van der Waals surface area contributed by atoms with Crippen LogP contribution in [0.2, 0.25) is 0 Å². The first-order valence-corrected chi connectivity index (χ1v) is 8.40. The molecule has 0 aliphatic rings. The zero-order chi connectivity index (χ0) is 17.5. The third kappa shape index (κ3) is 5.13. The Bertz CT molecular complexity index is 726. The molecular weight excluding hydrogens is 370 g/mol. The standard InChI is InChI=1S/C19H20BrNO3/c1-4-23-18-10-5-14(20)11-17(18)19(22)21-15-6-8-16(9-7-15)24-12-13(2)3/h5-11H,2,4,12H2,1,3H3,(H,21,22). The molecule has 4 nitrogen and oxygen atoms in total. The molecule has 2 aromatic rings. The highest BCUT2D eigenvalue weighted by Crippen LogP contribution is 2.25. The van der Waals surface area contributed by atoms with E-state index in [9.17, 15) is 4.79 Å². The van der Waals surface area contributed by atoms with Gasteiger partial charge >= 0.3 is 0 Å². The molecule has 0 spiro atoms. The summed E-state index contributed by atoms with van der Waals surface area (Å²) >= 11 is 3.38. The fourth-order valence-corrected chi connectivity index (χ4v) is 2.36. The van der Waals surface area contributed by atoms with Crippen LogP contribution in [0.1, 0.15) is 24.2 Å². The molecule has 0 aromatic heterocycles. The van der Waals surface area contributed by atoms with Crippen molar-refractivity contribution < 1.29 is 14.3 Å². The van der Waals surface area contributed by atoms with E-state index in [0.29, 0.717) is 30.2 Å². The molecule has 0 unspecified atom stereocenters. The van der Waals surface area contributed by atoms with Gasteiger partial charge in [0.1, 0.15) is 18.1 Å². The van der Waals surface area contributed by atoms with Crippen LogP contribution in [0.3, 0.4) is 0 Å². The van der Waals surface area contributed by atoms with E-state index < -0.39 is 0 Å². The highest BCUT2D eigenvalue weighted by atomic mass is 79.9. The van der Waals surface area contributed by atoms with Crippen LogP contribution in [0.4, 0.5) is 5.69 Å². The van der Waals surface area contributed by atoms with Gasteiger partial charge in [0, 0.05) is 10.2 Å². The predicted octanol–water partition coefficient (Wildman–Crippen LogP) is 5.06. The molecule has 0 heterocycles. The maximum atomic E-state index is 12.5. The van der Waals surface area contributed by atoms with Crippen LogP contribution in [-0.2, 0) is 0 Å². The number of amides is 1. The summed E-state index contributed by atoms with van der Waals surface area (Å²) in [6.45, 7) is 8.55. The van der Waals surface area contributed by atoms with Crippen LogP contribution < -0.4 is 14.8 Å². The van der Waals surface area contributed by atoms with Gasteiger partial charge in [0.05, 0.1) is 12.2 Å². The quantitative estimate of drug-likeness (QED) is 0.673. The monoisotopic (exact) mass is 389 g/mol. The molecule has 1 N–H and O–H groups in total. The molecule has 0 radical (unpaired) electrons. The summed E-state index contributed by atoms with van der Waals surface area (Å²) < 4.78 is 11.9. The molecule has 0 bridgehead atoms. The zero-order valence-electron chi connectivity index (χ0n) is 13.8. The van der Waals surface area contributed by atoms with Crippen molar-refractivity contribution in [2.24, 2.45) is 0 Å². The van der Waals surface area contributed by atoms with Gasteiger partial charge in [-0.1, -0.05) is 22.5 Å². The Labute approximate surface area is 150 Å². The van der Waals surface area contributed by atoms with Gasteiger partial charge in [-0.05, 0) is 61.9 Å². The summed E-state index contributed by atoms with van der Waals surface area (Å²) in [5.41, 5.74) is 2.12. The van der Waals surface area contributed by atoms with Crippen LogP contribution in [0, 0.1) is 0 Å². The minimum absolute atomic E-state index is 0.227. The first kappa shape index (κ1) is 18.1. The van der Waals surface area contributed by atoms with Crippen LogP contribution >= 0.6 is 15.9 Å². The van der Waals surface area contributed by atoms with Crippen LogP contribution in [0.15, 0.2) is 59.1 Å². The lowest BCUT2D eigenvalue weighted by molar-refractivity contribution is 0.102. The van der Waals surface area contributed by atoms with Gasteiger partial charge in [-0.2, -0.15) is 0 Å². The number of nitrogens with one attached hydrogen (secondary N) is 1. The van der Waals surface area contributed by atoms with E-state index in [4.69, 9.17) is 9.47 Å². The van der Waals surface area contributed by atoms with Crippen molar-refractivity contribution in [3.8, 4) is 11.5 Å². The Morgan fingerprint density at radius 3 is 2.50 bits per heavy atom. The molecule has 2 aromatic carbocycles. The normalized spacial score (nSPS) is 10.1. The third-order valence-electron chi connectivity index (χ3n) is 3.08. The minimum atomic E-state index is -0.227. The summed E-state index contributed by atoms with van der Waals surface area (Å²) in [6.07, 6.45) is 0. The number of hydrogen-bond donors (Lipinski definition) is 1. The zero-order valence-corrected chi connectivity index (χ0v) is 15.4. The number of anilines is 1. The van der Waals surface area contributed by atoms with Crippen LogP contribution in [0.25, 0.3) is 0 Å². The lowest BCUT2D eigenvalue weighted by atomic mass is 10.2. The maximum absolute atomic E-state index is 12.5. The Morgan fingerprint density at radius 2 is 1.88 bits per heavy atom. The lowest BCUT2D eigenvalue weighted by Crippen LogP contribution is -2.13. The summed E-state index contributed by atoms with van der Waals surface area (Å²) in [6, 6.07) is 12.6. The molecule has 0 aliphatic heterocycles. The van der Waals surface area contributed by atoms with Gasteiger partial charge in [-0.25, -0.2) is 0 Å². The maximum Gasteiger partial charge on any atom is 0.259 e. The molecule has 5 heteroatoms.